The van der Waals surface area contributed by atoms with Gasteiger partial charge < -0.3 is 19.2 Å². The Kier molecular flexibility index (Phi) is 4.29. The summed E-state index contributed by atoms with van der Waals surface area (Å²) in [4.78, 5) is 14.5. The van der Waals surface area contributed by atoms with E-state index in [1.54, 1.807) is 7.11 Å². The Bertz CT molecular complexity index is 912. The summed E-state index contributed by atoms with van der Waals surface area (Å²) in [5.41, 5.74) is 2.16. The molecule has 2 heterocycles. The molecule has 6 nitrogen and oxygen atoms in total. The van der Waals surface area contributed by atoms with Crippen LogP contribution in [0, 0.1) is 0 Å². The lowest BCUT2D eigenvalue weighted by molar-refractivity contribution is -0.118. The second-order valence-corrected chi connectivity index (χ2v) is 6.08. The Labute approximate surface area is 145 Å². The molecule has 1 fully saturated rings. The van der Waals surface area contributed by atoms with Gasteiger partial charge in [0.25, 0.3) is 0 Å². The van der Waals surface area contributed by atoms with E-state index in [4.69, 9.17) is 13.9 Å². The largest absolute Gasteiger partial charge is 0.495 e. The molecule has 3 aromatic rings. The molecule has 0 radical (unpaired) electrons. The molecule has 130 valence electrons. The van der Waals surface area contributed by atoms with Crippen LogP contribution in [-0.4, -0.2) is 50.8 Å². The Balaban J connectivity index is 1.61. The molecule has 6 heteroatoms. The Morgan fingerprint density at radius 2 is 1.96 bits per heavy atom. The molecule has 0 atom stereocenters. The number of nitrogens with zero attached hydrogens (tertiary/aromatic N) is 1. The number of para-hydroxylation sites is 1. The number of furan rings is 1. The zero-order valence-corrected chi connectivity index (χ0v) is 14.1. The quantitative estimate of drug-likeness (QED) is 0.791. The Hall–Kier alpha value is -2.57. The smallest absolute Gasteiger partial charge is 0.238 e. The van der Waals surface area contributed by atoms with Crippen LogP contribution >= 0.6 is 0 Å². The van der Waals surface area contributed by atoms with E-state index in [1.807, 2.05) is 36.4 Å². The summed E-state index contributed by atoms with van der Waals surface area (Å²) < 4.78 is 16.7. The first-order valence-corrected chi connectivity index (χ1v) is 8.34. The lowest BCUT2D eigenvalue weighted by atomic mass is 10.1. The third kappa shape index (κ3) is 3.18. The highest BCUT2D eigenvalue weighted by molar-refractivity contribution is 6.07. The molecule has 1 saturated heterocycles. The summed E-state index contributed by atoms with van der Waals surface area (Å²) in [7, 11) is 1.60. The van der Waals surface area contributed by atoms with Crippen LogP contribution in [-0.2, 0) is 9.53 Å². The maximum Gasteiger partial charge on any atom is 0.238 e. The van der Waals surface area contributed by atoms with Gasteiger partial charge in [-0.15, -0.1) is 0 Å². The number of rotatable bonds is 4. The van der Waals surface area contributed by atoms with Crippen molar-refractivity contribution in [1.29, 1.82) is 0 Å². The van der Waals surface area contributed by atoms with Crippen LogP contribution in [0.1, 0.15) is 0 Å². The summed E-state index contributed by atoms with van der Waals surface area (Å²) in [6, 6.07) is 11.6. The maximum absolute atomic E-state index is 12.4. The van der Waals surface area contributed by atoms with Crippen LogP contribution in [0.5, 0.6) is 5.75 Å². The number of hydrogen-bond donors (Lipinski definition) is 1. The molecule has 0 unspecified atom stereocenters. The van der Waals surface area contributed by atoms with Gasteiger partial charge in [-0.25, -0.2) is 0 Å². The molecule has 1 N–H and O–H groups in total. The monoisotopic (exact) mass is 340 g/mol. The number of ether oxygens (including phenoxy) is 2. The predicted molar refractivity (Wildman–Crippen MR) is 96.2 cm³/mol. The van der Waals surface area contributed by atoms with Crippen LogP contribution in [0.4, 0.5) is 5.69 Å². The summed E-state index contributed by atoms with van der Waals surface area (Å²) >= 11 is 0. The van der Waals surface area contributed by atoms with Crippen molar-refractivity contribution in [1.82, 2.24) is 4.90 Å². The summed E-state index contributed by atoms with van der Waals surface area (Å²) in [6.07, 6.45) is 0. The van der Waals surface area contributed by atoms with Crippen molar-refractivity contribution in [3.8, 4) is 5.75 Å². The molecular formula is C19H20N2O4. The first kappa shape index (κ1) is 15.9. The van der Waals surface area contributed by atoms with Gasteiger partial charge in [-0.05, 0) is 12.1 Å². The minimum atomic E-state index is -0.0735. The number of amides is 1. The molecule has 1 aliphatic heterocycles. The minimum absolute atomic E-state index is 0.0735. The van der Waals surface area contributed by atoms with Crippen molar-refractivity contribution in [2.75, 3.05) is 45.3 Å². The van der Waals surface area contributed by atoms with Gasteiger partial charge in [-0.3, -0.25) is 9.69 Å². The Morgan fingerprint density at radius 1 is 1.16 bits per heavy atom. The highest BCUT2D eigenvalue weighted by atomic mass is 16.5. The molecule has 1 aliphatic rings. The molecule has 1 aromatic heterocycles. The van der Waals surface area contributed by atoms with Crippen molar-refractivity contribution < 1.29 is 18.7 Å². The summed E-state index contributed by atoms with van der Waals surface area (Å²) in [5.74, 6) is 0.546. The fraction of sp³-hybridized carbons (Fsp3) is 0.316. The second kappa shape index (κ2) is 6.74. The number of methoxy groups -OCH3 is 1. The number of anilines is 1. The number of benzene rings is 2. The van der Waals surface area contributed by atoms with Crippen molar-refractivity contribution >= 4 is 33.5 Å². The van der Waals surface area contributed by atoms with Crippen LogP contribution < -0.4 is 10.1 Å². The number of carbonyl (C=O) groups excluding carboxylic acids is 1. The van der Waals surface area contributed by atoms with Crippen molar-refractivity contribution in [2.45, 2.75) is 0 Å². The highest BCUT2D eigenvalue weighted by Crippen LogP contribution is 2.36. The Morgan fingerprint density at radius 3 is 2.76 bits per heavy atom. The van der Waals surface area contributed by atoms with E-state index in [0.717, 1.165) is 35.0 Å². The molecule has 0 saturated carbocycles. The molecule has 2 aromatic carbocycles. The third-order valence-electron chi connectivity index (χ3n) is 4.44. The van der Waals surface area contributed by atoms with Gasteiger partial charge in [-0.2, -0.15) is 0 Å². The fourth-order valence-electron chi connectivity index (χ4n) is 3.17. The summed E-state index contributed by atoms with van der Waals surface area (Å²) in [5, 5.41) is 4.94. The highest BCUT2D eigenvalue weighted by Gasteiger charge is 2.17. The van der Waals surface area contributed by atoms with Crippen molar-refractivity contribution in [2.24, 2.45) is 0 Å². The van der Waals surface area contributed by atoms with E-state index in [1.165, 1.54) is 0 Å². The van der Waals surface area contributed by atoms with Crippen LogP contribution in [0.15, 0.2) is 40.8 Å². The molecule has 0 spiro atoms. The van der Waals surface area contributed by atoms with E-state index >= 15 is 0 Å². The number of morpholine rings is 1. The lowest BCUT2D eigenvalue weighted by Gasteiger charge is -2.25. The van der Waals surface area contributed by atoms with Gasteiger partial charge in [0.15, 0.2) is 0 Å². The maximum atomic E-state index is 12.4. The van der Waals surface area contributed by atoms with Crippen molar-refractivity contribution in [3.63, 3.8) is 0 Å². The standard InChI is InChI=1S/C19H20N2O4/c1-23-18-10-14-13-4-2-3-5-16(13)25-17(14)11-15(18)20-19(22)12-21-6-8-24-9-7-21/h2-5,10-11H,6-9,12H2,1H3,(H,20,22). The number of hydrogen-bond acceptors (Lipinski definition) is 5. The number of nitrogens with one attached hydrogen (secondary N) is 1. The van der Waals surface area contributed by atoms with Gasteiger partial charge in [0.1, 0.15) is 16.9 Å². The normalized spacial score (nSPS) is 15.6. The van der Waals surface area contributed by atoms with E-state index < -0.39 is 0 Å². The van der Waals surface area contributed by atoms with Crippen LogP contribution in [0.2, 0.25) is 0 Å². The van der Waals surface area contributed by atoms with Crippen LogP contribution in [0.3, 0.4) is 0 Å². The van der Waals surface area contributed by atoms with Gasteiger partial charge in [-0.1, -0.05) is 18.2 Å². The average molecular weight is 340 g/mol. The molecule has 25 heavy (non-hydrogen) atoms. The lowest BCUT2D eigenvalue weighted by Crippen LogP contribution is -2.41. The topological polar surface area (TPSA) is 63.9 Å². The minimum Gasteiger partial charge on any atom is -0.495 e. The average Bonchev–Trinajstić information content (AvgIpc) is 2.99. The SMILES string of the molecule is COc1cc2c(cc1NC(=O)CN1CCOCC1)oc1ccccc12. The van der Waals surface area contributed by atoms with E-state index in [-0.39, 0.29) is 5.91 Å². The van der Waals surface area contributed by atoms with Crippen molar-refractivity contribution in [3.05, 3.63) is 36.4 Å². The number of fused-ring (bicyclic) bond motifs is 3. The number of carbonyl (C=O) groups is 1. The first-order chi connectivity index (χ1) is 12.2. The predicted octanol–water partition coefficient (Wildman–Crippen LogP) is 2.87. The van der Waals surface area contributed by atoms with Gasteiger partial charge >= 0.3 is 0 Å². The van der Waals surface area contributed by atoms with Gasteiger partial charge in [0.2, 0.25) is 5.91 Å². The zero-order chi connectivity index (χ0) is 17.2. The van der Waals surface area contributed by atoms with Gasteiger partial charge in [0, 0.05) is 29.9 Å². The molecule has 0 aliphatic carbocycles. The zero-order valence-electron chi connectivity index (χ0n) is 14.1. The molecular weight excluding hydrogens is 320 g/mol. The third-order valence-corrected chi connectivity index (χ3v) is 4.44. The molecule has 1 amide bonds. The fourth-order valence-corrected chi connectivity index (χ4v) is 3.17. The van der Waals surface area contributed by atoms with Gasteiger partial charge in [0.05, 0.1) is 32.6 Å². The molecule has 4 rings (SSSR count). The molecule has 0 bridgehead atoms. The van der Waals surface area contributed by atoms with E-state index in [9.17, 15) is 4.79 Å². The van der Waals surface area contributed by atoms with Crippen LogP contribution in [0.25, 0.3) is 21.9 Å². The van der Waals surface area contributed by atoms with E-state index in [0.29, 0.717) is 31.2 Å². The van der Waals surface area contributed by atoms with E-state index in [2.05, 4.69) is 10.2 Å². The first-order valence-electron chi connectivity index (χ1n) is 8.34. The second-order valence-electron chi connectivity index (χ2n) is 6.08. The summed E-state index contributed by atoms with van der Waals surface area (Å²) in [6.45, 7) is 3.22.